The Morgan fingerprint density at radius 3 is 2.67 bits per heavy atom. The van der Waals surface area contributed by atoms with Gasteiger partial charge < -0.3 is 10.4 Å². The third-order valence-electron chi connectivity index (χ3n) is 3.20. The molecule has 2 rings (SSSR count). The van der Waals surface area contributed by atoms with Crippen molar-refractivity contribution in [3.8, 4) is 0 Å². The summed E-state index contributed by atoms with van der Waals surface area (Å²) < 4.78 is 1.77. The molecule has 0 aliphatic heterocycles. The van der Waals surface area contributed by atoms with Gasteiger partial charge in [-0.3, -0.25) is 4.79 Å². The lowest BCUT2D eigenvalue weighted by Gasteiger charge is -2.12. The summed E-state index contributed by atoms with van der Waals surface area (Å²) in [5.41, 5.74) is 1.03. The number of nitrogens with one attached hydrogen (secondary N) is 1. The summed E-state index contributed by atoms with van der Waals surface area (Å²) in [6.45, 7) is 5.69. The number of aromatic nitrogens is 3. The average Bonchev–Trinajstić information content (AvgIpc) is 2.87. The molecular weight excluding hydrogens is 272 g/mol. The molecular formula is C14H18N4O3. The summed E-state index contributed by atoms with van der Waals surface area (Å²) in [4.78, 5) is 27.3. The van der Waals surface area contributed by atoms with Crippen LogP contribution in [0.25, 0.3) is 11.0 Å². The number of hydrogen-bond acceptors (Lipinski definition) is 4. The van der Waals surface area contributed by atoms with Crippen molar-refractivity contribution in [3.05, 3.63) is 24.0 Å². The molecule has 21 heavy (non-hydrogen) atoms. The largest absolute Gasteiger partial charge is 0.480 e. The van der Waals surface area contributed by atoms with Gasteiger partial charge in [0.1, 0.15) is 6.04 Å². The van der Waals surface area contributed by atoms with Gasteiger partial charge in [0, 0.05) is 17.6 Å². The number of carbonyl (C=O) groups excluding carboxylic acids is 1. The molecule has 0 saturated heterocycles. The SMILES string of the molecule is CCC(NC(=O)c1cnc2c(cnn2C(C)C)c1)C(=O)O. The van der Waals surface area contributed by atoms with Crippen LogP contribution in [0.5, 0.6) is 0 Å². The van der Waals surface area contributed by atoms with Gasteiger partial charge in [-0.25, -0.2) is 14.5 Å². The van der Waals surface area contributed by atoms with Crippen LogP contribution in [-0.2, 0) is 4.79 Å². The minimum atomic E-state index is -1.05. The zero-order chi connectivity index (χ0) is 15.6. The Balaban J connectivity index is 2.27. The molecule has 2 N–H and O–H groups in total. The standard InChI is InChI=1S/C14H18N4O3/c1-4-11(14(20)21)17-13(19)10-5-9-7-16-18(8(2)3)12(9)15-6-10/h5-8,11H,4H2,1-3H3,(H,17,19)(H,20,21). The number of amides is 1. The van der Waals surface area contributed by atoms with Crippen molar-refractivity contribution in [3.63, 3.8) is 0 Å². The smallest absolute Gasteiger partial charge is 0.326 e. The molecule has 0 bridgehead atoms. The lowest BCUT2D eigenvalue weighted by atomic mass is 10.2. The van der Waals surface area contributed by atoms with Gasteiger partial charge in [0.25, 0.3) is 5.91 Å². The minimum Gasteiger partial charge on any atom is -0.480 e. The molecule has 2 aromatic heterocycles. The monoisotopic (exact) mass is 290 g/mol. The molecule has 0 saturated carbocycles. The predicted octanol–water partition coefficient (Wildman–Crippen LogP) is 1.61. The van der Waals surface area contributed by atoms with Crippen molar-refractivity contribution in [2.24, 2.45) is 0 Å². The summed E-state index contributed by atoms with van der Waals surface area (Å²) in [7, 11) is 0. The Kier molecular flexibility index (Phi) is 4.21. The molecule has 1 amide bonds. The van der Waals surface area contributed by atoms with Crippen molar-refractivity contribution in [2.75, 3.05) is 0 Å². The molecule has 0 aliphatic carbocycles. The molecule has 0 aliphatic rings. The second-order valence-electron chi connectivity index (χ2n) is 5.09. The average molecular weight is 290 g/mol. The number of rotatable bonds is 5. The maximum absolute atomic E-state index is 12.1. The van der Waals surface area contributed by atoms with E-state index < -0.39 is 17.9 Å². The fourth-order valence-corrected chi connectivity index (χ4v) is 2.02. The Bertz CT molecular complexity index is 678. The quantitative estimate of drug-likeness (QED) is 0.871. The summed E-state index contributed by atoms with van der Waals surface area (Å²) >= 11 is 0. The van der Waals surface area contributed by atoms with Crippen LogP contribution in [0.1, 0.15) is 43.6 Å². The maximum atomic E-state index is 12.1. The van der Waals surface area contributed by atoms with Gasteiger partial charge in [-0.15, -0.1) is 0 Å². The molecule has 0 spiro atoms. The number of carboxylic acid groups (broad SMARTS) is 1. The van der Waals surface area contributed by atoms with Crippen LogP contribution in [0.2, 0.25) is 0 Å². The Labute approximate surface area is 122 Å². The molecule has 1 unspecified atom stereocenters. The van der Waals surface area contributed by atoms with E-state index in [-0.39, 0.29) is 6.04 Å². The summed E-state index contributed by atoms with van der Waals surface area (Å²) in [6.07, 6.45) is 3.41. The van der Waals surface area contributed by atoms with E-state index >= 15 is 0 Å². The first-order valence-corrected chi connectivity index (χ1v) is 6.81. The number of hydrogen-bond donors (Lipinski definition) is 2. The molecule has 2 aromatic rings. The Morgan fingerprint density at radius 1 is 1.38 bits per heavy atom. The summed E-state index contributed by atoms with van der Waals surface area (Å²) in [5.74, 6) is -1.50. The molecule has 7 heteroatoms. The maximum Gasteiger partial charge on any atom is 0.326 e. The van der Waals surface area contributed by atoms with E-state index in [0.29, 0.717) is 17.6 Å². The molecule has 112 valence electrons. The first-order valence-electron chi connectivity index (χ1n) is 6.81. The van der Waals surface area contributed by atoms with E-state index in [1.54, 1.807) is 23.9 Å². The lowest BCUT2D eigenvalue weighted by Crippen LogP contribution is -2.40. The number of nitrogens with zero attached hydrogens (tertiary/aromatic N) is 3. The Hall–Kier alpha value is -2.44. The van der Waals surface area contributed by atoms with E-state index in [1.807, 2.05) is 13.8 Å². The second-order valence-corrected chi connectivity index (χ2v) is 5.09. The molecule has 0 aromatic carbocycles. The molecule has 0 fully saturated rings. The highest BCUT2D eigenvalue weighted by molar-refractivity contribution is 5.98. The van der Waals surface area contributed by atoms with Crippen LogP contribution in [-0.4, -0.2) is 37.8 Å². The van der Waals surface area contributed by atoms with Crippen LogP contribution in [0.3, 0.4) is 0 Å². The van der Waals surface area contributed by atoms with Crippen molar-refractivity contribution in [1.82, 2.24) is 20.1 Å². The van der Waals surface area contributed by atoms with Gasteiger partial charge >= 0.3 is 5.97 Å². The first kappa shape index (κ1) is 15.0. The minimum absolute atomic E-state index is 0.172. The van der Waals surface area contributed by atoms with Gasteiger partial charge in [0.05, 0.1) is 11.8 Å². The second kappa shape index (κ2) is 5.90. The first-order chi connectivity index (χ1) is 9.93. The van der Waals surface area contributed by atoms with Gasteiger partial charge in [0.2, 0.25) is 0 Å². The highest BCUT2D eigenvalue weighted by Gasteiger charge is 2.19. The molecule has 2 heterocycles. The van der Waals surface area contributed by atoms with Crippen LogP contribution in [0, 0.1) is 0 Å². The highest BCUT2D eigenvalue weighted by atomic mass is 16.4. The van der Waals surface area contributed by atoms with E-state index in [9.17, 15) is 9.59 Å². The van der Waals surface area contributed by atoms with Crippen molar-refractivity contribution in [1.29, 1.82) is 0 Å². The zero-order valence-corrected chi connectivity index (χ0v) is 12.2. The fourth-order valence-electron chi connectivity index (χ4n) is 2.02. The van der Waals surface area contributed by atoms with Crippen LogP contribution < -0.4 is 5.32 Å². The van der Waals surface area contributed by atoms with Crippen molar-refractivity contribution in [2.45, 2.75) is 39.3 Å². The summed E-state index contributed by atoms with van der Waals surface area (Å²) in [5, 5.41) is 16.4. The predicted molar refractivity (Wildman–Crippen MR) is 77.1 cm³/mol. The van der Waals surface area contributed by atoms with Crippen LogP contribution in [0.4, 0.5) is 0 Å². The number of carboxylic acids is 1. The van der Waals surface area contributed by atoms with Crippen LogP contribution >= 0.6 is 0 Å². The topological polar surface area (TPSA) is 97.1 Å². The number of pyridine rings is 1. The zero-order valence-electron chi connectivity index (χ0n) is 12.2. The number of fused-ring (bicyclic) bond motifs is 1. The lowest BCUT2D eigenvalue weighted by molar-refractivity contribution is -0.139. The van der Waals surface area contributed by atoms with Gasteiger partial charge in [0.15, 0.2) is 5.65 Å². The fraction of sp³-hybridized carbons (Fsp3) is 0.429. The van der Waals surface area contributed by atoms with E-state index in [1.165, 1.54) is 6.20 Å². The Morgan fingerprint density at radius 2 is 2.10 bits per heavy atom. The highest BCUT2D eigenvalue weighted by Crippen LogP contribution is 2.16. The van der Waals surface area contributed by atoms with Crippen LogP contribution in [0.15, 0.2) is 18.5 Å². The van der Waals surface area contributed by atoms with E-state index in [4.69, 9.17) is 5.11 Å². The summed E-state index contributed by atoms with van der Waals surface area (Å²) in [6, 6.07) is 0.940. The van der Waals surface area contributed by atoms with Crippen molar-refractivity contribution < 1.29 is 14.7 Å². The molecule has 1 atom stereocenters. The molecule has 0 radical (unpaired) electrons. The molecule has 7 nitrogen and oxygen atoms in total. The van der Waals surface area contributed by atoms with E-state index in [2.05, 4.69) is 15.4 Å². The van der Waals surface area contributed by atoms with Gasteiger partial charge in [-0.05, 0) is 26.3 Å². The van der Waals surface area contributed by atoms with Crippen molar-refractivity contribution >= 4 is 22.9 Å². The number of aliphatic carboxylic acids is 1. The third-order valence-corrected chi connectivity index (χ3v) is 3.20. The number of carbonyl (C=O) groups is 2. The normalized spacial score (nSPS) is 12.6. The van der Waals surface area contributed by atoms with E-state index in [0.717, 1.165) is 5.39 Å². The van der Waals surface area contributed by atoms with Gasteiger partial charge in [-0.1, -0.05) is 6.92 Å². The van der Waals surface area contributed by atoms with Gasteiger partial charge in [-0.2, -0.15) is 5.10 Å². The third kappa shape index (κ3) is 3.01.